The van der Waals surface area contributed by atoms with Gasteiger partial charge in [-0.25, -0.2) is 0 Å². The number of carbonyl (C=O) groups excluding carboxylic acids is 2. The smallest absolute Gasteiger partial charge is 0.313 e. The third kappa shape index (κ3) is 4.70. The van der Waals surface area contributed by atoms with Gasteiger partial charge in [0.15, 0.2) is 0 Å². The fraction of sp³-hybridized carbons (Fsp3) is 0.333. The lowest BCUT2D eigenvalue weighted by molar-refractivity contribution is -0.136. The summed E-state index contributed by atoms with van der Waals surface area (Å²) < 4.78 is 0.399. The molecule has 4 rings (SSSR count). The molecule has 2 heterocycles. The molecule has 0 radical (unpaired) electrons. The number of fused-ring (bicyclic) bond motifs is 1. The topological polar surface area (TPSA) is 58.2 Å². The Morgan fingerprint density at radius 1 is 0.929 bits per heavy atom. The van der Waals surface area contributed by atoms with Crippen molar-refractivity contribution >= 4 is 52.8 Å². The number of thioether (sulfide) groups is 3. The van der Waals surface area contributed by atoms with Gasteiger partial charge in [0.25, 0.3) is 0 Å². The molecular formula is C21H22N2O2S3. The number of rotatable bonds is 3. The van der Waals surface area contributed by atoms with E-state index in [0.29, 0.717) is 10.3 Å². The van der Waals surface area contributed by atoms with E-state index in [9.17, 15) is 9.59 Å². The van der Waals surface area contributed by atoms with Crippen molar-refractivity contribution < 1.29 is 9.59 Å². The summed E-state index contributed by atoms with van der Waals surface area (Å²) in [6.45, 7) is 0. The summed E-state index contributed by atoms with van der Waals surface area (Å²) in [5.41, 5.74) is 2.95. The van der Waals surface area contributed by atoms with Crippen molar-refractivity contribution in [1.82, 2.24) is 5.32 Å². The van der Waals surface area contributed by atoms with Crippen LogP contribution < -0.4 is 10.6 Å². The lowest BCUT2D eigenvalue weighted by Crippen LogP contribution is -2.38. The lowest BCUT2D eigenvalue weighted by atomic mass is 10.0. The van der Waals surface area contributed by atoms with Crippen LogP contribution in [-0.2, 0) is 9.59 Å². The minimum absolute atomic E-state index is 0.114. The molecule has 28 heavy (non-hydrogen) atoms. The number of anilines is 1. The molecule has 0 aromatic heterocycles. The second kappa shape index (κ2) is 9.29. The van der Waals surface area contributed by atoms with Crippen LogP contribution in [0.4, 0.5) is 5.69 Å². The average molecular weight is 431 g/mol. The van der Waals surface area contributed by atoms with E-state index in [1.54, 1.807) is 11.8 Å². The monoisotopic (exact) mass is 430 g/mol. The Bertz CT molecular complexity index is 868. The number of hydrogen-bond donors (Lipinski definition) is 2. The van der Waals surface area contributed by atoms with Gasteiger partial charge >= 0.3 is 11.8 Å². The fourth-order valence-electron chi connectivity index (χ4n) is 3.35. The molecule has 0 spiro atoms. The number of nitrogens with one attached hydrogen (secondary N) is 2. The van der Waals surface area contributed by atoms with Gasteiger partial charge in [-0.1, -0.05) is 30.3 Å². The summed E-state index contributed by atoms with van der Waals surface area (Å²) in [6.07, 6.45) is 2.07. The molecular weight excluding hydrogens is 408 g/mol. The molecule has 2 aromatic carbocycles. The van der Waals surface area contributed by atoms with Gasteiger partial charge in [0.1, 0.15) is 0 Å². The van der Waals surface area contributed by atoms with Crippen LogP contribution in [0.25, 0.3) is 0 Å². The Morgan fingerprint density at radius 3 is 2.61 bits per heavy atom. The molecule has 2 N–H and O–H groups in total. The van der Waals surface area contributed by atoms with Crippen LogP contribution in [0.5, 0.6) is 0 Å². The van der Waals surface area contributed by atoms with Gasteiger partial charge in [0.2, 0.25) is 0 Å². The zero-order valence-electron chi connectivity index (χ0n) is 15.4. The lowest BCUT2D eigenvalue weighted by Gasteiger charge is -2.25. The Kier molecular flexibility index (Phi) is 6.54. The summed E-state index contributed by atoms with van der Waals surface area (Å²) in [7, 11) is 0. The molecule has 146 valence electrons. The number of hydrogen-bond acceptors (Lipinski definition) is 5. The van der Waals surface area contributed by atoms with E-state index in [2.05, 4.69) is 22.8 Å². The largest absolute Gasteiger partial charge is 0.341 e. The van der Waals surface area contributed by atoms with Crippen molar-refractivity contribution in [3.05, 3.63) is 59.7 Å². The molecule has 1 fully saturated rings. The molecule has 2 aliphatic heterocycles. The fourth-order valence-corrected chi connectivity index (χ4v) is 7.35. The maximum absolute atomic E-state index is 12.5. The van der Waals surface area contributed by atoms with Crippen LogP contribution >= 0.6 is 35.3 Å². The predicted octanol–water partition coefficient (Wildman–Crippen LogP) is 4.85. The van der Waals surface area contributed by atoms with Crippen molar-refractivity contribution in [3.63, 3.8) is 0 Å². The first-order valence-corrected chi connectivity index (χ1v) is 12.5. The first-order chi connectivity index (χ1) is 13.7. The van der Waals surface area contributed by atoms with Crippen LogP contribution in [0.3, 0.4) is 0 Å². The molecule has 1 atom stereocenters. The minimum Gasteiger partial charge on any atom is -0.341 e. The van der Waals surface area contributed by atoms with E-state index in [4.69, 9.17) is 0 Å². The average Bonchev–Trinajstić information content (AvgIpc) is 2.75. The highest BCUT2D eigenvalue weighted by Gasteiger charge is 2.25. The number of amides is 2. The molecule has 1 saturated heterocycles. The Balaban J connectivity index is 1.39. The van der Waals surface area contributed by atoms with Gasteiger partial charge in [0.05, 0.1) is 10.6 Å². The molecule has 0 saturated carbocycles. The van der Waals surface area contributed by atoms with Crippen molar-refractivity contribution in [2.45, 2.75) is 28.4 Å². The maximum atomic E-state index is 12.5. The van der Waals surface area contributed by atoms with E-state index < -0.39 is 11.8 Å². The number of carbonyl (C=O) groups is 2. The Labute approximate surface area is 178 Å². The van der Waals surface area contributed by atoms with E-state index in [1.165, 1.54) is 16.9 Å². The second-order valence-electron chi connectivity index (χ2n) is 6.71. The zero-order valence-corrected chi connectivity index (χ0v) is 17.8. The van der Waals surface area contributed by atoms with Crippen LogP contribution in [0.15, 0.2) is 53.4 Å². The van der Waals surface area contributed by atoms with Crippen LogP contribution in [0.1, 0.15) is 34.6 Å². The van der Waals surface area contributed by atoms with E-state index in [0.717, 1.165) is 29.2 Å². The highest BCUT2D eigenvalue weighted by atomic mass is 32.2. The summed E-state index contributed by atoms with van der Waals surface area (Å²) in [5.74, 6) is 2.06. The summed E-state index contributed by atoms with van der Waals surface area (Å²) in [4.78, 5) is 26.1. The Morgan fingerprint density at radius 2 is 1.75 bits per heavy atom. The minimum atomic E-state index is -0.614. The van der Waals surface area contributed by atoms with Crippen molar-refractivity contribution in [1.29, 1.82) is 0 Å². The summed E-state index contributed by atoms with van der Waals surface area (Å²) in [5, 5.41) is 5.66. The van der Waals surface area contributed by atoms with Crippen LogP contribution in [-0.4, -0.2) is 29.1 Å². The highest BCUT2D eigenvalue weighted by Crippen LogP contribution is 2.44. The molecule has 7 heteroatoms. The summed E-state index contributed by atoms with van der Waals surface area (Å²) in [6, 6.07) is 15.8. The van der Waals surface area contributed by atoms with E-state index in [1.807, 2.05) is 59.9 Å². The zero-order chi connectivity index (χ0) is 19.3. The van der Waals surface area contributed by atoms with Gasteiger partial charge in [-0.3, -0.25) is 9.59 Å². The van der Waals surface area contributed by atoms with Crippen LogP contribution in [0, 0.1) is 0 Å². The van der Waals surface area contributed by atoms with Crippen molar-refractivity contribution in [2.24, 2.45) is 0 Å². The van der Waals surface area contributed by atoms with Crippen molar-refractivity contribution in [2.75, 3.05) is 22.6 Å². The summed E-state index contributed by atoms with van der Waals surface area (Å²) >= 11 is 5.66. The normalized spacial score (nSPS) is 19.5. The predicted molar refractivity (Wildman–Crippen MR) is 120 cm³/mol. The van der Waals surface area contributed by atoms with Gasteiger partial charge in [-0.2, -0.15) is 0 Å². The van der Waals surface area contributed by atoms with E-state index >= 15 is 0 Å². The molecule has 2 aliphatic rings. The van der Waals surface area contributed by atoms with Gasteiger partial charge in [-0.15, -0.1) is 35.3 Å². The molecule has 2 aromatic rings. The molecule has 4 nitrogen and oxygen atoms in total. The number of benzene rings is 2. The van der Waals surface area contributed by atoms with Gasteiger partial charge < -0.3 is 10.6 Å². The first-order valence-electron chi connectivity index (χ1n) is 9.37. The second-order valence-corrected chi connectivity index (χ2v) is 10.6. The first kappa shape index (κ1) is 19.7. The van der Waals surface area contributed by atoms with Gasteiger partial charge in [0, 0.05) is 16.3 Å². The highest BCUT2D eigenvalue weighted by molar-refractivity contribution is 8.16. The maximum Gasteiger partial charge on any atom is 0.313 e. The molecule has 0 aliphatic carbocycles. The van der Waals surface area contributed by atoms with Crippen molar-refractivity contribution in [3.8, 4) is 0 Å². The van der Waals surface area contributed by atoms with E-state index in [-0.39, 0.29) is 6.04 Å². The van der Waals surface area contributed by atoms with Crippen LogP contribution in [0.2, 0.25) is 0 Å². The third-order valence-corrected chi connectivity index (χ3v) is 8.85. The third-order valence-electron chi connectivity index (χ3n) is 4.71. The molecule has 0 bridgehead atoms. The standard InChI is InChI=1S/C21H22N2O2S3/c24-19(20(25)23-17-9-12-26-18-8-2-1-7-16(17)18)22-15-6-3-5-14(13-15)21-27-10-4-11-28-21/h1-3,5-8,13,17,21H,4,9-12H2,(H,22,24)(H,23,25)/t17-/m1/s1. The SMILES string of the molecule is O=C(Nc1cccc(C2SCCCS2)c1)C(=O)N[C@@H]1CCSc2ccccc21. The quantitative estimate of drug-likeness (QED) is 0.682. The molecule has 0 unspecified atom stereocenters. The van der Waals surface area contributed by atoms with Gasteiger partial charge in [-0.05, 0) is 53.7 Å². The molecule has 2 amide bonds. The Hall–Kier alpha value is -1.57.